The molecule has 3 heteroatoms. The van der Waals surface area contributed by atoms with Gasteiger partial charge in [0.15, 0.2) is 0 Å². The number of aromatic nitrogens is 2. The fourth-order valence-electron chi connectivity index (χ4n) is 2.36. The molecule has 0 unspecified atom stereocenters. The highest BCUT2D eigenvalue weighted by Gasteiger charge is 2.09. The van der Waals surface area contributed by atoms with E-state index < -0.39 is 0 Å². The number of nitrogens with one attached hydrogen (secondary N) is 1. The van der Waals surface area contributed by atoms with Gasteiger partial charge in [-0.15, -0.1) is 0 Å². The van der Waals surface area contributed by atoms with Gasteiger partial charge in [0.25, 0.3) is 0 Å². The van der Waals surface area contributed by atoms with Crippen molar-refractivity contribution in [3.05, 3.63) is 46.3 Å². The number of hydrogen-bond acceptors (Lipinski definition) is 2. The van der Waals surface area contributed by atoms with Crippen molar-refractivity contribution in [1.29, 1.82) is 0 Å². The van der Waals surface area contributed by atoms with Crippen LogP contribution >= 0.6 is 0 Å². The van der Waals surface area contributed by atoms with E-state index in [1.807, 2.05) is 4.68 Å². The molecule has 0 atom stereocenters. The summed E-state index contributed by atoms with van der Waals surface area (Å²) in [5, 5.41) is 8.04. The lowest BCUT2D eigenvalue weighted by molar-refractivity contribution is 0.634. The summed E-state index contributed by atoms with van der Waals surface area (Å²) in [4.78, 5) is 0. The van der Waals surface area contributed by atoms with Gasteiger partial charge in [-0.3, -0.25) is 4.68 Å². The van der Waals surface area contributed by atoms with Crippen LogP contribution in [0.2, 0.25) is 0 Å². The van der Waals surface area contributed by atoms with Crippen LogP contribution in [-0.4, -0.2) is 9.78 Å². The van der Waals surface area contributed by atoms with E-state index in [-0.39, 0.29) is 0 Å². The summed E-state index contributed by atoms with van der Waals surface area (Å²) >= 11 is 0. The molecule has 0 saturated heterocycles. The zero-order chi connectivity index (χ0) is 14.0. The molecule has 0 radical (unpaired) electrons. The maximum Gasteiger partial charge on any atom is 0.0828 e. The van der Waals surface area contributed by atoms with Crippen LogP contribution in [0.5, 0.6) is 0 Å². The summed E-state index contributed by atoms with van der Waals surface area (Å²) in [7, 11) is 0. The van der Waals surface area contributed by atoms with Crippen molar-refractivity contribution in [2.75, 3.05) is 5.32 Å². The minimum absolute atomic E-state index is 0.845. The predicted octanol–water partition coefficient (Wildman–Crippen LogP) is 3.75. The van der Waals surface area contributed by atoms with Gasteiger partial charge in [0, 0.05) is 13.1 Å². The molecule has 0 aliphatic rings. The minimum Gasteiger partial charge on any atom is -0.378 e. The van der Waals surface area contributed by atoms with E-state index in [1.165, 1.54) is 28.1 Å². The highest BCUT2D eigenvalue weighted by Crippen LogP contribution is 2.20. The molecule has 0 fully saturated rings. The topological polar surface area (TPSA) is 29.9 Å². The number of benzene rings is 1. The fraction of sp³-hybridized carbons (Fsp3) is 0.438. The Kier molecular flexibility index (Phi) is 3.93. The molecule has 0 spiro atoms. The highest BCUT2D eigenvalue weighted by molar-refractivity contribution is 5.52. The van der Waals surface area contributed by atoms with Crippen molar-refractivity contribution in [3.63, 3.8) is 0 Å². The molecule has 0 bridgehead atoms. The monoisotopic (exact) mass is 257 g/mol. The second-order valence-electron chi connectivity index (χ2n) is 5.13. The van der Waals surface area contributed by atoms with Crippen LogP contribution < -0.4 is 5.32 Å². The van der Waals surface area contributed by atoms with Gasteiger partial charge < -0.3 is 5.32 Å². The van der Waals surface area contributed by atoms with Gasteiger partial charge in [-0.2, -0.15) is 5.10 Å². The lowest BCUT2D eigenvalue weighted by atomic mass is 10.1. The van der Waals surface area contributed by atoms with E-state index in [4.69, 9.17) is 0 Å². The molecule has 2 aromatic rings. The number of nitrogens with zero attached hydrogens (tertiary/aromatic N) is 2. The Balaban J connectivity index is 2.14. The fourth-order valence-corrected chi connectivity index (χ4v) is 2.36. The Morgan fingerprint density at radius 2 is 1.84 bits per heavy atom. The second kappa shape index (κ2) is 5.47. The van der Waals surface area contributed by atoms with Crippen LogP contribution in [-0.2, 0) is 13.1 Å². The second-order valence-corrected chi connectivity index (χ2v) is 5.13. The first-order chi connectivity index (χ1) is 9.02. The normalized spacial score (nSPS) is 10.8. The number of rotatable bonds is 4. The molecule has 1 N–H and O–H groups in total. The van der Waals surface area contributed by atoms with Gasteiger partial charge in [0.1, 0.15) is 0 Å². The molecular weight excluding hydrogens is 234 g/mol. The van der Waals surface area contributed by atoms with Crippen molar-refractivity contribution >= 4 is 5.69 Å². The van der Waals surface area contributed by atoms with E-state index >= 15 is 0 Å². The first kappa shape index (κ1) is 13.7. The largest absolute Gasteiger partial charge is 0.378 e. The molecule has 0 saturated carbocycles. The quantitative estimate of drug-likeness (QED) is 0.904. The van der Waals surface area contributed by atoms with E-state index in [1.54, 1.807) is 0 Å². The summed E-state index contributed by atoms with van der Waals surface area (Å²) in [6.07, 6.45) is 0. The van der Waals surface area contributed by atoms with Crippen LogP contribution in [0.25, 0.3) is 0 Å². The molecule has 1 heterocycles. The van der Waals surface area contributed by atoms with Crippen molar-refractivity contribution in [1.82, 2.24) is 9.78 Å². The van der Waals surface area contributed by atoms with Crippen molar-refractivity contribution in [2.24, 2.45) is 0 Å². The van der Waals surface area contributed by atoms with Crippen LogP contribution in [0.3, 0.4) is 0 Å². The van der Waals surface area contributed by atoms with Gasteiger partial charge >= 0.3 is 0 Å². The van der Waals surface area contributed by atoms with E-state index in [0.717, 1.165) is 18.8 Å². The molecule has 1 aromatic carbocycles. The van der Waals surface area contributed by atoms with Gasteiger partial charge in [-0.05, 0) is 51.3 Å². The number of anilines is 1. The van der Waals surface area contributed by atoms with Gasteiger partial charge in [-0.25, -0.2) is 0 Å². The van der Waals surface area contributed by atoms with Crippen molar-refractivity contribution < 1.29 is 0 Å². The zero-order valence-electron chi connectivity index (χ0n) is 12.5. The molecule has 3 nitrogen and oxygen atoms in total. The van der Waals surface area contributed by atoms with Crippen molar-refractivity contribution in [3.8, 4) is 0 Å². The summed E-state index contributed by atoms with van der Waals surface area (Å²) in [5.74, 6) is 0. The SMILES string of the molecule is CCn1nc(C)c(NCc2ccc(C)c(C)c2)c1C. The van der Waals surface area contributed by atoms with Gasteiger partial charge in [0.05, 0.1) is 17.1 Å². The van der Waals surface area contributed by atoms with E-state index in [2.05, 4.69) is 63.2 Å². The average molecular weight is 257 g/mol. The number of hydrogen-bond donors (Lipinski definition) is 1. The summed E-state index contributed by atoms with van der Waals surface area (Å²) < 4.78 is 2.04. The Bertz CT molecular complexity index is 582. The van der Waals surface area contributed by atoms with Gasteiger partial charge in [-0.1, -0.05) is 18.2 Å². The third-order valence-corrected chi connectivity index (χ3v) is 3.72. The Hall–Kier alpha value is -1.77. The predicted molar refractivity (Wildman–Crippen MR) is 80.6 cm³/mol. The maximum atomic E-state index is 4.53. The lowest BCUT2D eigenvalue weighted by Gasteiger charge is -2.09. The first-order valence-corrected chi connectivity index (χ1v) is 6.87. The number of aryl methyl sites for hydroxylation is 4. The third-order valence-electron chi connectivity index (χ3n) is 3.72. The van der Waals surface area contributed by atoms with Crippen LogP contribution in [0.15, 0.2) is 18.2 Å². The minimum atomic E-state index is 0.845. The molecule has 19 heavy (non-hydrogen) atoms. The molecule has 0 aliphatic carbocycles. The molecular formula is C16H23N3. The summed E-state index contributed by atoms with van der Waals surface area (Å²) in [5.41, 5.74) is 7.45. The third kappa shape index (κ3) is 2.80. The Labute approximate surface area is 115 Å². The van der Waals surface area contributed by atoms with Crippen LogP contribution in [0, 0.1) is 27.7 Å². The molecule has 0 amide bonds. The molecule has 102 valence electrons. The molecule has 0 aliphatic heterocycles. The van der Waals surface area contributed by atoms with Crippen LogP contribution in [0.1, 0.15) is 35.0 Å². The zero-order valence-corrected chi connectivity index (χ0v) is 12.5. The van der Waals surface area contributed by atoms with E-state index in [9.17, 15) is 0 Å². The summed E-state index contributed by atoms with van der Waals surface area (Å²) in [6, 6.07) is 6.61. The molecule has 2 rings (SSSR count). The summed E-state index contributed by atoms with van der Waals surface area (Å²) in [6.45, 7) is 12.4. The Morgan fingerprint density at radius 3 is 2.42 bits per heavy atom. The highest BCUT2D eigenvalue weighted by atomic mass is 15.3. The Morgan fingerprint density at radius 1 is 1.11 bits per heavy atom. The maximum absolute atomic E-state index is 4.53. The first-order valence-electron chi connectivity index (χ1n) is 6.87. The van der Waals surface area contributed by atoms with E-state index in [0.29, 0.717) is 0 Å². The lowest BCUT2D eigenvalue weighted by Crippen LogP contribution is -2.03. The molecule has 1 aromatic heterocycles. The average Bonchev–Trinajstić information content (AvgIpc) is 2.66. The van der Waals surface area contributed by atoms with Crippen LogP contribution in [0.4, 0.5) is 5.69 Å². The standard InChI is InChI=1S/C16H23N3/c1-6-19-14(5)16(13(4)18-19)17-10-15-8-7-11(2)12(3)9-15/h7-9,17H,6,10H2,1-5H3. The van der Waals surface area contributed by atoms with Gasteiger partial charge in [0.2, 0.25) is 0 Å². The van der Waals surface area contributed by atoms with Crippen molar-refractivity contribution in [2.45, 2.75) is 47.7 Å². The smallest absolute Gasteiger partial charge is 0.0828 e.